The van der Waals surface area contributed by atoms with Crippen molar-refractivity contribution in [1.82, 2.24) is 9.88 Å². The standard InChI is InChI=1S/C11H15N3O2.2ClH/c1-13-4-6-14(7-5-13)10-8-9(11(15)16)2-3-12-10;;/h2-3,8H,4-7H2,1H3,(H,15,16);2*1H. The average Bonchev–Trinajstić information content (AvgIpc) is 2.30. The Morgan fingerprint density at radius 3 is 2.44 bits per heavy atom. The molecule has 5 nitrogen and oxygen atoms in total. The Kier molecular flexibility index (Phi) is 6.98. The first-order chi connectivity index (χ1) is 7.66. The Morgan fingerprint density at radius 1 is 1.28 bits per heavy atom. The van der Waals surface area contributed by atoms with Gasteiger partial charge in [-0.1, -0.05) is 0 Å². The number of aromatic carboxylic acids is 1. The van der Waals surface area contributed by atoms with Crippen LogP contribution in [0, 0.1) is 0 Å². The highest BCUT2D eigenvalue weighted by molar-refractivity contribution is 5.88. The van der Waals surface area contributed by atoms with Gasteiger partial charge in [0.2, 0.25) is 0 Å². The lowest BCUT2D eigenvalue weighted by Crippen LogP contribution is -2.44. The molecule has 0 aromatic carbocycles. The topological polar surface area (TPSA) is 56.7 Å². The molecule has 0 amide bonds. The molecule has 0 radical (unpaired) electrons. The number of carbonyl (C=O) groups is 1. The summed E-state index contributed by atoms with van der Waals surface area (Å²) in [5, 5.41) is 8.90. The Hall–Kier alpha value is -1.04. The van der Waals surface area contributed by atoms with Crippen LogP contribution in [-0.2, 0) is 0 Å². The number of carboxylic acid groups (broad SMARTS) is 1. The molecular formula is C11H17Cl2N3O2. The zero-order chi connectivity index (χ0) is 11.5. The van der Waals surface area contributed by atoms with Crippen LogP contribution in [0.3, 0.4) is 0 Å². The second kappa shape index (κ2) is 7.41. The SMILES string of the molecule is CN1CCN(c2cc(C(=O)O)ccn2)CC1.Cl.Cl. The van der Waals surface area contributed by atoms with E-state index in [1.807, 2.05) is 0 Å². The van der Waals surface area contributed by atoms with Crippen LogP contribution < -0.4 is 4.90 Å². The van der Waals surface area contributed by atoms with Gasteiger partial charge in [-0.05, 0) is 19.2 Å². The summed E-state index contributed by atoms with van der Waals surface area (Å²) < 4.78 is 0. The first kappa shape index (κ1) is 17.0. The van der Waals surface area contributed by atoms with Crippen LogP contribution in [0.25, 0.3) is 0 Å². The number of anilines is 1. The molecule has 2 heterocycles. The van der Waals surface area contributed by atoms with Gasteiger partial charge in [-0.3, -0.25) is 0 Å². The van der Waals surface area contributed by atoms with E-state index in [0.29, 0.717) is 5.56 Å². The maximum atomic E-state index is 10.8. The maximum Gasteiger partial charge on any atom is 0.335 e. The van der Waals surface area contributed by atoms with Gasteiger partial charge in [-0.15, -0.1) is 24.8 Å². The fourth-order valence-electron chi connectivity index (χ4n) is 1.76. The molecule has 0 unspecified atom stereocenters. The number of aromatic nitrogens is 1. The van der Waals surface area contributed by atoms with E-state index in [9.17, 15) is 4.79 Å². The minimum Gasteiger partial charge on any atom is -0.478 e. The fraction of sp³-hybridized carbons (Fsp3) is 0.455. The van der Waals surface area contributed by atoms with Gasteiger partial charge in [0.25, 0.3) is 0 Å². The van der Waals surface area contributed by atoms with Gasteiger partial charge in [-0.25, -0.2) is 9.78 Å². The number of carboxylic acids is 1. The van der Waals surface area contributed by atoms with Crippen LogP contribution in [0.15, 0.2) is 18.3 Å². The molecule has 1 fully saturated rings. The van der Waals surface area contributed by atoms with E-state index < -0.39 is 5.97 Å². The molecule has 1 aromatic rings. The molecule has 0 saturated carbocycles. The summed E-state index contributed by atoms with van der Waals surface area (Å²) in [5.41, 5.74) is 0.295. The summed E-state index contributed by atoms with van der Waals surface area (Å²) in [6.07, 6.45) is 1.55. The minimum absolute atomic E-state index is 0. The number of likely N-dealkylation sites (N-methyl/N-ethyl adjacent to an activating group) is 1. The van der Waals surface area contributed by atoms with Crippen molar-refractivity contribution in [2.75, 3.05) is 38.1 Å². The van der Waals surface area contributed by atoms with Crippen LogP contribution in [0.1, 0.15) is 10.4 Å². The van der Waals surface area contributed by atoms with E-state index >= 15 is 0 Å². The predicted molar refractivity (Wildman–Crippen MR) is 75.4 cm³/mol. The molecule has 7 heteroatoms. The van der Waals surface area contributed by atoms with Crippen molar-refractivity contribution in [2.45, 2.75) is 0 Å². The molecule has 0 bridgehead atoms. The van der Waals surface area contributed by atoms with Gasteiger partial charge in [0.15, 0.2) is 0 Å². The molecule has 1 aromatic heterocycles. The Balaban J connectivity index is 0.00000144. The molecule has 0 spiro atoms. The number of pyridine rings is 1. The molecule has 0 atom stereocenters. The number of hydrogen-bond acceptors (Lipinski definition) is 4. The van der Waals surface area contributed by atoms with Gasteiger partial charge in [-0.2, -0.15) is 0 Å². The quantitative estimate of drug-likeness (QED) is 0.893. The zero-order valence-electron chi connectivity index (χ0n) is 10.1. The summed E-state index contributed by atoms with van der Waals surface area (Å²) in [6.45, 7) is 3.76. The number of piperazine rings is 1. The summed E-state index contributed by atoms with van der Waals surface area (Å²) >= 11 is 0. The molecule has 1 N–H and O–H groups in total. The predicted octanol–water partition coefficient (Wildman–Crippen LogP) is 1.38. The van der Waals surface area contributed by atoms with Gasteiger partial charge in [0.05, 0.1) is 5.56 Å². The molecule has 1 saturated heterocycles. The van der Waals surface area contributed by atoms with E-state index in [1.54, 1.807) is 12.3 Å². The van der Waals surface area contributed by atoms with E-state index in [0.717, 1.165) is 32.0 Å². The third kappa shape index (κ3) is 4.01. The maximum absolute atomic E-state index is 10.8. The Morgan fingerprint density at radius 2 is 1.89 bits per heavy atom. The van der Waals surface area contributed by atoms with Crippen molar-refractivity contribution < 1.29 is 9.90 Å². The van der Waals surface area contributed by atoms with E-state index in [-0.39, 0.29) is 24.8 Å². The van der Waals surface area contributed by atoms with Crippen molar-refractivity contribution in [3.63, 3.8) is 0 Å². The van der Waals surface area contributed by atoms with Gasteiger partial charge in [0.1, 0.15) is 5.82 Å². The molecule has 2 rings (SSSR count). The van der Waals surface area contributed by atoms with Gasteiger partial charge in [0, 0.05) is 32.4 Å². The Bertz CT molecular complexity index is 396. The van der Waals surface area contributed by atoms with Crippen molar-refractivity contribution >= 4 is 36.6 Å². The molecule has 0 aliphatic carbocycles. The minimum atomic E-state index is -0.905. The van der Waals surface area contributed by atoms with Gasteiger partial charge < -0.3 is 14.9 Å². The highest BCUT2D eigenvalue weighted by atomic mass is 35.5. The lowest BCUT2D eigenvalue weighted by atomic mass is 10.2. The molecule has 18 heavy (non-hydrogen) atoms. The summed E-state index contributed by atoms with van der Waals surface area (Å²) in [7, 11) is 2.08. The number of hydrogen-bond donors (Lipinski definition) is 1. The van der Waals surface area contributed by atoms with Crippen LogP contribution in [0.5, 0.6) is 0 Å². The fourth-order valence-corrected chi connectivity index (χ4v) is 1.76. The van der Waals surface area contributed by atoms with Crippen molar-refractivity contribution in [1.29, 1.82) is 0 Å². The first-order valence-corrected chi connectivity index (χ1v) is 5.29. The second-order valence-corrected chi connectivity index (χ2v) is 4.00. The van der Waals surface area contributed by atoms with Crippen LogP contribution in [0.2, 0.25) is 0 Å². The zero-order valence-corrected chi connectivity index (χ0v) is 11.7. The summed E-state index contributed by atoms with van der Waals surface area (Å²) in [6, 6.07) is 3.15. The van der Waals surface area contributed by atoms with Crippen LogP contribution in [0.4, 0.5) is 5.82 Å². The normalized spacial score (nSPS) is 15.5. The third-order valence-corrected chi connectivity index (χ3v) is 2.82. The third-order valence-electron chi connectivity index (χ3n) is 2.82. The molecule has 1 aliphatic heterocycles. The Labute approximate surface area is 119 Å². The summed E-state index contributed by atoms with van der Waals surface area (Å²) in [5.74, 6) is -0.147. The number of halogens is 2. The van der Waals surface area contributed by atoms with Crippen molar-refractivity contribution in [2.24, 2.45) is 0 Å². The monoisotopic (exact) mass is 293 g/mol. The second-order valence-electron chi connectivity index (χ2n) is 4.00. The molecular weight excluding hydrogens is 277 g/mol. The highest BCUT2D eigenvalue weighted by Gasteiger charge is 2.16. The molecule has 1 aliphatic rings. The van der Waals surface area contributed by atoms with E-state index in [1.165, 1.54) is 6.07 Å². The van der Waals surface area contributed by atoms with Crippen molar-refractivity contribution in [3.8, 4) is 0 Å². The van der Waals surface area contributed by atoms with E-state index in [2.05, 4.69) is 21.8 Å². The lowest BCUT2D eigenvalue weighted by molar-refractivity contribution is 0.0697. The number of rotatable bonds is 2. The number of nitrogens with zero attached hydrogens (tertiary/aromatic N) is 3. The van der Waals surface area contributed by atoms with Crippen molar-refractivity contribution in [3.05, 3.63) is 23.9 Å². The van der Waals surface area contributed by atoms with Crippen LogP contribution in [-0.4, -0.2) is 54.2 Å². The van der Waals surface area contributed by atoms with Gasteiger partial charge >= 0.3 is 5.97 Å². The molecule has 102 valence electrons. The smallest absolute Gasteiger partial charge is 0.335 e. The average molecular weight is 294 g/mol. The highest BCUT2D eigenvalue weighted by Crippen LogP contribution is 2.14. The first-order valence-electron chi connectivity index (χ1n) is 5.29. The largest absolute Gasteiger partial charge is 0.478 e. The lowest BCUT2D eigenvalue weighted by Gasteiger charge is -2.33. The van der Waals surface area contributed by atoms with E-state index in [4.69, 9.17) is 5.11 Å². The van der Waals surface area contributed by atoms with Crippen LogP contribution >= 0.6 is 24.8 Å². The summed E-state index contributed by atoms with van der Waals surface area (Å²) in [4.78, 5) is 19.4.